The molecule has 0 saturated heterocycles. The second-order valence-electron chi connectivity index (χ2n) is 3.90. The maximum absolute atomic E-state index is 10.7. The smallest absolute Gasteiger partial charge is 0.271 e. The van der Waals surface area contributed by atoms with Crippen LogP contribution < -0.4 is 5.32 Å². The third-order valence-electron chi connectivity index (χ3n) is 2.29. The molecule has 94 valence electrons. The van der Waals surface area contributed by atoms with Crippen LogP contribution in [0.3, 0.4) is 0 Å². The molecule has 0 fully saturated rings. The quantitative estimate of drug-likeness (QED) is 0.658. The van der Waals surface area contributed by atoms with Gasteiger partial charge in [0.15, 0.2) is 5.82 Å². The van der Waals surface area contributed by atoms with E-state index in [2.05, 4.69) is 15.5 Å². The Balaban J connectivity index is 2.11. The number of nitrogens with one attached hydrogen (secondary N) is 1. The monoisotopic (exact) mass is 248 g/mol. The highest BCUT2D eigenvalue weighted by molar-refractivity contribution is 5.53. The second kappa shape index (κ2) is 4.82. The summed E-state index contributed by atoms with van der Waals surface area (Å²) in [5.74, 6) is 0.999. The van der Waals surface area contributed by atoms with E-state index in [9.17, 15) is 10.1 Å². The molecule has 0 spiro atoms. The van der Waals surface area contributed by atoms with Crippen LogP contribution in [0.1, 0.15) is 17.3 Å². The van der Waals surface area contributed by atoms with E-state index < -0.39 is 4.92 Å². The fourth-order valence-electron chi connectivity index (χ4n) is 1.56. The predicted molar refractivity (Wildman–Crippen MR) is 64.2 cm³/mol. The number of anilines is 1. The Labute approximate surface area is 103 Å². The first-order valence-electron chi connectivity index (χ1n) is 5.34. The molecule has 0 aliphatic carbocycles. The number of non-ortho nitro benzene ring substituents is 1. The first kappa shape index (κ1) is 12.0. The van der Waals surface area contributed by atoms with Crippen molar-refractivity contribution in [3.05, 3.63) is 45.6 Å². The summed E-state index contributed by atoms with van der Waals surface area (Å²) in [6.45, 7) is 3.86. The van der Waals surface area contributed by atoms with E-state index in [1.54, 1.807) is 13.8 Å². The number of rotatable bonds is 4. The number of aromatic nitrogens is 2. The van der Waals surface area contributed by atoms with Crippen molar-refractivity contribution < 1.29 is 9.45 Å². The Bertz CT molecular complexity index is 579. The van der Waals surface area contributed by atoms with E-state index in [0.717, 1.165) is 5.56 Å². The minimum absolute atomic E-state index is 0.0572. The molecule has 0 bridgehead atoms. The van der Waals surface area contributed by atoms with E-state index in [-0.39, 0.29) is 5.69 Å². The highest BCUT2D eigenvalue weighted by Crippen LogP contribution is 2.20. The van der Waals surface area contributed by atoms with Crippen LogP contribution in [0, 0.1) is 24.0 Å². The summed E-state index contributed by atoms with van der Waals surface area (Å²) in [6.07, 6.45) is 0. The summed E-state index contributed by atoms with van der Waals surface area (Å²) in [7, 11) is 0. The van der Waals surface area contributed by atoms with Gasteiger partial charge in [0.25, 0.3) is 5.69 Å². The van der Waals surface area contributed by atoms with E-state index >= 15 is 0 Å². The molecule has 1 aromatic carbocycles. The fourth-order valence-corrected chi connectivity index (χ4v) is 1.56. The van der Waals surface area contributed by atoms with Gasteiger partial charge in [0.1, 0.15) is 0 Å². The van der Waals surface area contributed by atoms with Gasteiger partial charge in [0.05, 0.1) is 11.5 Å². The van der Waals surface area contributed by atoms with Gasteiger partial charge in [-0.15, -0.1) is 0 Å². The Morgan fingerprint density at radius 2 is 2.17 bits per heavy atom. The Morgan fingerprint density at radius 3 is 2.78 bits per heavy atom. The number of nitro groups is 1. The maximum Gasteiger partial charge on any atom is 0.271 e. The zero-order valence-corrected chi connectivity index (χ0v) is 10.0. The van der Waals surface area contributed by atoms with Gasteiger partial charge in [-0.25, -0.2) is 0 Å². The summed E-state index contributed by atoms with van der Waals surface area (Å²) < 4.78 is 4.83. The number of nitro benzene ring substituents is 1. The van der Waals surface area contributed by atoms with E-state index in [4.69, 9.17) is 4.52 Å². The molecule has 0 aliphatic rings. The summed E-state index contributed by atoms with van der Waals surface area (Å²) >= 11 is 0. The third-order valence-corrected chi connectivity index (χ3v) is 2.29. The van der Waals surface area contributed by atoms with Gasteiger partial charge in [-0.2, -0.15) is 4.98 Å². The molecule has 1 N–H and O–H groups in total. The van der Waals surface area contributed by atoms with Crippen LogP contribution in [0.15, 0.2) is 22.7 Å². The van der Waals surface area contributed by atoms with Gasteiger partial charge in [-0.1, -0.05) is 5.16 Å². The summed E-state index contributed by atoms with van der Waals surface area (Å²) in [5, 5.41) is 17.5. The lowest BCUT2D eigenvalue weighted by Crippen LogP contribution is -2.02. The topological polar surface area (TPSA) is 94.1 Å². The van der Waals surface area contributed by atoms with Crippen LogP contribution in [0.5, 0.6) is 0 Å². The van der Waals surface area contributed by atoms with Crippen LogP contribution in [0.2, 0.25) is 0 Å². The lowest BCUT2D eigenvalue weighted by Gasteiger charge is -2.04. The molecule has 2 aromatic rings. The molecular weight excluding hydrogens is 236 g/mol. The summed E-state index contributed by atoms with van der Waals surface area (Å²) in [5.41, 5.74) is 1.53. The molecule has 7 nitrogen and oxygen atoms in total. The zero-order valence-electron chi connectivity index (χ0n) is 10.0. The largest absolute Gasteiger partial charge is 0.377 e. The molecule has 1 aromatic heterocycles. The van der Waals surface area contributed by atoms with Crippen LogP contribution in [-0.2, 0) is 6.54 Å². The minimum Gasteiger partial charge on any atom is -0.377 e. The average Bonchev–Trinajstić information content (AvgIpc) is 2.72. The van der Waals surface area contributed by atoms with Gasteiger partial charge in [-0.05, 0) is 18.6 Å². The predicted octanol–water partition coefficient (Wildman–Crippen LogP) is 2.21. The SMILES string of the molecule is Cc1cc(NCc2noc(C)n2)cc([N+](=O)[O-])c1. The first-order valence-corrected chi connectivity index (χ1v) is 5.34. The van der Waals surface area contributed by atoms with Crippen molar-refractivity contribution in [3.8, 4) is 0 Å². The van der Waals surface area contributed by atoms with Crippen molar-refractivity contribution in [1.29, 1.82) is 0 Å². The molecule has 0 atom stereocenters. The number of nitrogens with zero attached hydrogens (tertiary/aromatic N) is 3. The van der Waals surface area contributed by atoms with Crippen molar-refractivity contribution in [2.75, 3.05) is 5.32 Å². The lowest BCUT2D eigenvalue weighted by molar-refractivity contribution is -0.384. The van der Waals surface area contributed by atoms with Crippen LogP contribution in [0.25, 0.3) is 0 Å². The highest BCUT2D eigenvalue weighted by Gasteiger charge is 2.08. The molecule has 0 saturated carbocycles. The molecule has 0 aliphatic heterocycles. The van der Waals surface area contributed by atoms with Crippen molar-refractivity contribution in [2.24, 2.45) is 0 Å². The van der Waals surface area contributed by atoms with Gasteiger partial charge >= 0.3 is 0 Å². The average molecular weight is 248 g/mol. The third kappa shape index (κ3) is 2.82. The first-order chi connectivity index (χ1) is 8.54. The molecule has 1 heterocycles. The number of aryl methyl sites for hydroxylation is 2. The van der Waals surface area contributed by atoms with Crippen LogP contribution >= 0.6 is 0 Å². The van der Waals surface area contributed by atoms with Crippen molar-refractivity contribution >= 4 is 11.4 Å². The molecule has 18 heavy (non-hydrogen) atoms. The van der Waals surface area contributed by atoms with Crippen LogP contribution in [-0.4, -0.2) is 15.1 Å². The van der Waals surface area contributed by atoms with Crippen molar-refractivity contribution in [1.82, 2.24) is 10.1 Å². The van der Waals surface area contributed by atoms with Crippen LogP contribution in [0.4, 0.5) is 11.4 Å². The highest BCUT2D eigenvalue weighted by atomic mass is 16.6. The Morgan fingerprint density at radius 1 is 1.39 bits per heavy atom. The van der Waals surface area contributed by atoms with Crippen molar-refractivity contribution in [2.45, 2.75) is 20.4 Å². The standard InChI is InChI=1S/C11H12N4O3/c1-7-3-9(5-10(4-7)15(16)17)12-6-11-13-8(2)18-14-11/h3-5,12H,6H2,1-2H3. The van der Waals surface area contributed by atoms with Gasteiger partial charge in [0.2, 0.25) is 5.89 Å². The second-order valence-corrected chi connectivity index (χ2v) is 3.90. The molecule has 0 unspecified atom stereocenters. The zero-order chi connectivity index (χ0) is 13.1. The number of hydrogen-bond acceptors (Lipinski definition) is 6. The fraction of sp³-hybridized carbons (Fsp3) is 0.273. The number of hydrogen-bond donors (Lipinski definition) is 1. The van der Waals surface area contributed by atoms with E-state index in [0.29, 0.717) is 23.9 Å². The molecule has 2 rings (SSSR count). The van der Waals surface area contributed by atoms with Gasteiger partial charge in [-0.3, -0.25) is 10.1 Å². The normalized spacial score (nSPS) is 10.3. The van der Waals surface area contributed by atoms with E-state index in [1.807, 2.05) is 6.07 Å². The molecule has 7 heteroatoms. The lowest BCUT2D eigenvalue weighted by atomic mass is 10.2. The minimum atomic E-state index is -0.420. The van der Waals surface area contributed by atoms with E-state index in [1.165, 1.54) is 12.1 Å². The van der Waals surface area contributed by atoms with Gasteiger partial charge in [0, 0.05) is 24.7 Å². The Hall–Kier alpha value is -2.44. The molecule has 0 amide bonds. The molecule has 0 radical (unpaired) electrons. The summed E-state index contributed by atoms with van der Waals surface area (Å²) in [6, 6.07) is 4.81. The molecular formula is C11H12N4O3. The van der Waals surface area contributed by atoms with Gasteiger partial charge < -0.3 is 9.84 Å². The van der Waals surface area contributed by atoms with Crippen molar-refractivity contribution in [3.63, 3.8) is 0 Å². The number of benzene rings is 1. The Kier molecular flexibility index (Phi) is 3.22. The maximum atomic E-state index is 10.7. The summed E-state index contributed by atoms with van der Waals surface area (Å²) in [4.78, 5) is 14.3.